The second-order valence-electron chi connectivity index (χ2n) is 8.74. The van der Waals surface area contributed by atoms with Gasteiger partial charge in [0, 0.05) is 40.2 Å². The fourth-order valence-corrected chi connectivity index (χ4v) is 5.60. The van der Waals surface area contributed by atoms with E-state index in [-0.39, 0.29) is 24.5 Å². The molecule has 2 amide bonds. The fraction of sp³-hybridized carbons (Fsp3) is 0.333. The predicted molar refractivity (Wildman–Crippen MR) is 141 cm³/mol. The van der Waals surface area contributed by atoms with Gasteiger partial charge < -0.3 is 14.5 Å². The highest BCUT2D eigenvalue weighted by molar-refractivity contribution is 7.10. The van der Waals surface area contributed by atoms with Gasteiger partial charge in [-0.3, -0.25) is 9.59 Å². The van der Waals surface area contributed by atoms with Crippen molar-refractivity contribution in [2.45, 2.75) is 39.0 Å². The number of carbonyl (C=O) groups excluding carboxylic acids is 2. The molecule has 0 bridgehead atoms. The second-order valence-corrected chi connectivity index (χ2v) is 10.6. The summed E-state index contributed by atoms with van der Waals surface area (Å²) in [5.41, 5.74) is 2.55. The van der Waals surface area contributed by atoms with Gasteiger partial charge in [-0.1, -0.05) is 53.5 Å². The normalized spacial score (nSPS) is 15.2. The summed E-state index contributed by atoms with van der Waals surface area (Å²) < 4.78 is 5.79. The highest BCUT2D eigenvalue weighted by Crippen LogP contribution is 2.23. The SMILES string of the molecule is Cc1ccsc1CN(Cc1ccccc1)C(=O)CN(C[C@H]1CCCO1)C(=O)c1cc(Cl)cc(Cl)c1. The summed E-state index contributed by atoms with van der Waals surface area (Å²) in [7, 11) is 0. The van der Waals surface area contributed by atoms with Crippen LogP contribution in [0.4, 0.5) is 0 Å². The number of carbonyl (C=O) groups is 2. The van der Waals surface area contributed by atoms with Crippen molar-refractivity contribution in [3.8, 4) is 0 Å². The van der Waals surface area contributed by atoms with E-state index in [1.165, 1.54) is 0 Å². The molecule has 3 aromatic rings. The lowest BCUT2D eigenvalue weighted by Gasteiger charge is -2.29. The molecule has 2 heterocycles. The first kappa shape index (κ1) is 25.7. The van der Waals surface area contributed by atoms with Gasteiger partial charge in [-0.05, 0) is 60.5 Å². The second kappa shape index (κ2) is 12.0. The van der Waals surface area contributed by atoms with E-state index in [1.807, 2.05) is 47.5 Å². The number of nitrogens with zero attached hydrogens (tertiary/aromatic N) is 2. The summed E-state index contributed by atoms with van der Waals surface area (Å²) in [6.45, 7) is 3.95. The van der Waals surface area contributed by atoms with Crippen LogP contribution in [0.3, 0.4) is 0 Å². The highest BCUT2D eigenvalue weighted by Gasteiger charge is 2.28. The van der Waals surface area contributed by atoms with Crippen molar-refractivity contribution in [1.82, 2.24) is 9.80 Å². The van der Waals surface area contributed by atoms with Gasteiger partial charge in [0.15, 0.2) is 0 Å². The van der Waals surface area contributed by atoms with Crippen LogP contribution in [-0.4, -0.2) is 47.4 Å². The smallest absolute Gasteiger partial charge is 0.254 e. The van der Waals surface area contributed by atoms with E-state index in [0.717, 1.165) is 28.8 Å². The largest absolute Gasteiger partial charge is 0.376 e. The standard InChI is InChI=1S/C27H28Cl2N2O3S/c1-19-9-11-35-25(19)17-30(15-20-6-3-2-4-7-20)26(32)18-31(16-24-8-5-10-34-24)27(33)21-12-22(28)14-23(29)13-21/h2-4,6-7,9,11-14,24H,5,8,10,15-18H2,1H3/t24-/m1/s1. The average molecular weight is 532 g/mol. The zero-order chi connectivity index (χ0) is 24.8. The molecule has 1 aliphatic heterocycles. The van der Waals surface area contributed by atoms with Crippen molar-refractivity contribution < 1.29 is 14.3 Å². The van der Waals surface area contributed by atoms with Gasteiger partial charge in [-0.25, -0.2) is 0 Å². The zero-order valence-corrected chi connectivity index (χ0v) is 21.9. The molecule has 1 saturated heterocycles. The van der Waals surface area contributed by atoms with Crippen molar-refractivity contribution in [1.29, 1.82) is 0 Å². The number of hydrogen-bond donors (Lipinski definition) is 0. The fourth-order valence-electron chi connectivity index (χ4n) is 4.15. The zero-order valence-electron chi connectivity index (χ0n) is 19.6. The quantitative estimate of drug-likeness (QED) is 0.330. The van der Waals surface area contributed by atoms with Crippen molar-refractivity contribution in [2.24, 2.45) is 0 Å². The number of rotatable bonds is 9. The van der Waals surface area contributed by atoms with Crippen LogP contribution in [0.15, 0.2) is 60.0 Å². The maximum Gasteiger partial charge on any atom is 0.254 e. The lowest BCUT2D eigenvalue weighted by molar-refractivity contribution is -0.133. The number of hydrogen-bond acceptors (Lipinski definition) is 4. The molecule has 0 aliphatic carbocycles. The number of amides is 2. The van der Waals surface area contributed by atoms with Crippen molar-refractivity contribution in [3.63, 3.8) is 0 Å². The van der Waals surface area contributed by atoms with Gasteiger partial charge in [0.05, 0.1) is 12.6 Å². The van der Waals surface area contributed by atoms with Gasteiger partial charge in [0.2, 0.25) is 5.91 Å². The molecule has 35 heavy (non-hydrogen) atoms. The van der Waals surface area contributed by atoms with Crippen LogP contribution in [0.1, 0.15) is 39.2 Å². The van der Waals surface area contributed by atoms with Crippen molar-refractivity contribution >= 4 is 46.4 Å². The summed E-state index contributed by atoms with van der Waals surface area (Å²) in [5.74, 6) is -0.411. The first-order chi connectivity index (χ1) is 16.9. The summed E-state index contributed by atoms with van der Waals surface area (Å²) in [6, 6.07) is 16.7. The molecule has 0 spiro atoms. The summed E-state index contributed by atoms with van der Waals surface area (Å²) in [5, 5.41) is 2.79. The molecule has 0 unspecified atom stereocenters. The van der Waals surface area contributed by atoms with Crippen LogP contribution in [-0.2, 0) is 22.6 Å². The molecule has 0 saturated carbocycles. The number of ether oxygens (including phenoxy) is 1. The Hall–Kier alpha value is -2.38. The Morgan fingerprint density at radius 3 is 2.40 bits per heavy atom. The lowest BCUT2D eigenvalue weighted by Crippen LogP contribution is -2.45. The van der Waals surface area contributed by atoms with Crippen LogP contribution in [0.5, 0.6) is 0 Å². The molecule has 1 aromatic heterocycles. The predicted octanol–water partition coefficient (Wildman–Crippen LogP) is 6.21. The van der Waals surface area contributed by atoms with E-state index in [4.69, 9.17) is 27.9 Å². The Labute approximate surface area is 220 Å². The first-order valence-electron chi connectivity index (χ1n) is 11.6. The van der Waals surface area contributed by atoms with E-state index in [9.17, 15) is 9.59 Å². The maximum absolute atomic E-state index is 13.7. The molecule has 1 fully saturated rings. The molecular weight excluding hydrogens is 503 g/mol. The maximum atomic E-state index is 13.7. The molecule has 5 nitrogen and oxygen atoms in total. The third kappa shape index (κ3) is 7.07. The van der Waals surface area contributed by atoms with Gasteiger partial charge in [-0.2, -0.15) is 0 Å². The Morgan fingerprint density at radius 1 is 1.03 bits per heavy atom. The highest BCUT2D eigenvalue weighted by atomic mass is 35.5. The Bertz CT molecular complexity index is 1140. The molecule has 184 valence electrons. The van der Waals surface area contributed by atoms with E-state index >= 15 is 0 Å². The van der Waals surface area contributed by atoms with Gasteiger partial charge >= 0.3 is 0 Å². The molecule has 0 radical (unpaired) electrons. The number of benzene rings is 2. The Balaban J connectivity index is 1.58. The van der Waals surface area contributed by atoms with E-state index < -0.39 is 0 Å². The van der Waals surface area contributed by atoms with E-state index in [2.05, 4.69) is 6.07 Å². The molecule has 1 aliphatic rings. The summed E-state index contributed by atoms with van der Waals surface area (Å²) >= 11 is 13.9. The van der Waals surface area contributed by atoms with Crippen LogP contribution < -0.4 is 0 Å². The number of thiophene rings is 1. The van der Waals surface area contributed by atoms with Crippen LogP contribution in [0, 0.1) is 6.92 Å². The van der Waals surface area contributed by atoms with Crippen molar-refractivity contribution in [3.05, 3.63) is 91.6 Å². The van der Waals surface area contributed by atoms with E-state index in [1.54, 1.807) is 34.4 Å². The average Bonchev–Trinajstić information content (AvgIpc) is 3.49. The third-order valence-corrected chi connectivity index (χ3v) is 7.49. The van der Waals surface area contributed by atoms with E-state index in [0.29, 0.717) is 41.8 Å². The lowest BCUT2D eigenvalue weighted by atomic mass is 10.1. The Morgan fingerprint density at radius 2 is 1.77 bits per heavy atom. The molecule has 4 rings (SSSR count). The van der Waals surface area contributed by atoms with Gasteiger partial charge in [-0.15, -0.1) is 11.3 Å². The van der Waals surface area contributed by atoms with Crippen LogP contribution in [0.2, 0.25) is 10.0 Å². The first-order valence-corrected chi connectivity index (χ1v) is 13.2. The molecular formula is C27H28Cl2N2O3S. The number of halogens is 2. The Kier molecular flexibility index (Phi) is 8.84. The minimum Gasteiger partial charge on any atom is -0.376 e. The van der Waals surface area contributed by atoms with Crippen LogP contribution >= 0.6 is 34.5 Å². The minimum atomic E-state index is -0.287. The van der Waals surface area contributed by atoms with Gasteiger partial charge in [0.25, 0.3) is 5.91 Å². The monoisotopic (exact) mass is 530 g/mol. The molecule has 2 aromatic carbocycles. The third-order valence-electron chi connectivity index (χ3n) is 6.04. The molecule has 8 heteroatoms. The molecule has 0 N–H and O–H groups in total. The van der Waals surface area contributed by atoms with Crippen molar-refractivity contribution in [2.75, 3.05) is 19.7 Å². The molecule has 1 atom stereocenters. The topological polar surface area (TPSA) is 49.9 Å². The minimum absolute atomic E-state index is 0.0555. The summed E-state index contributed by atoms with van der Waals surface area (Å²) in [4.78, 5) is 31.7. The van der Waals surface area contributed by atoms with Gasteiger partial charge in [0.1, 0.15) is 6.54 Å². The number of aryl methyl sites for hydroxylation is 1. The van der Waals surface area contributed by atoms with Crippen LogP contribution in [0.25, 0.3) is 0 Å². The summed E-state index contributed by atoms with van der Waals surface area (Å²) in [6.07, 6.45) is 1.71.